The van der Waals surface area contributed by atoms with Gasteiger partial charge in [-0.1, -0.05) is 24.3 Å². The first-order valence-corrected chi connectivity index (χ1v) is 6.30. The molecule has 3 heteroatoms. The van der Waals surface area contributed by atoms with Gasteiger partial charge >= 0.3 is 0 Å². The number of benzene rings is 2. The number of para-hydroxylation sites is 1. The van der Waals surface area contributed by atoms with Crippen molar-refractivity contribution in [2.75, 3.05) is 17.7 Å². The number of aromatic nitrogens is 1. The fraction of sp³-hybridized carbons (Fsp3) is 0.125. The monoisotopic (exact) mass is 251 g/mol. The summed E-state index contributed by atoms with van der Waals surface area (Å²) >= 11 is 0. The Morgan fingerprint density at radius 3 is 2.63 bits per heavy atom. The van der Waals surface area contributed by atoms with Gasteiger partial charge in [-0.05, 0) is 24.3 Å². The minimum Gasteiger partial charge on any atom is -0.399 e. The Hall–Kier alpha value is -2.42. The Kier molecular flexibility index (Phi) is 2.67. The molecule has 0 spiro atoms. The predicted octanol–water partition coefficient (Wildman–Crippen LogP) is 3.53. The van der Waals surface area contributed by atoms with Crippen LogP contribution in [-0.4, -0.2) is 11.6 Å². The highest BCUT2D eigenvalue weighted by Crippen LogP contribution is 2.32. The van der Waals surface area contributed by atoms with E-state index in [0.29, 0.717) is 0 Å². The Balaban J connectivity index is 2.14. The van der Waals surface area contributed by atoms with E-state index in [4.69, 9.17) is 5.73 Å². The average Bonchev–Trinajstić information content (AvgIpc) is 2.76. The van der Waals surface area contributed by atoms with Crippen molar-refractivity contribution in [2.24, 2.45) is 7.05 Å². The zero-order valence-electron chi connectivity index (χ0n) is 11.2. The Bertz CT molecular complexity index is 728. The van der Waals surface area contributed by atoms with Gasteiger partial charge in [0.05, 0.1) is 5.69 Å². The van der Waals surface area contributed by atoms with Gasteiger partial charge in [-0.15, -0.1) is 0 Å². The first-order chi connectivity index (χ1) is 9.16. The number of nitrogens with two attached hydrogens (primary N) is 1. The SMILES string of the molecule is CN(c1cccc(N)c1)c1cn(C)c2ccccc12. The standard InChI is InChI=1S/C16H17N3/c1-18-11-16(14-8-3-4-9-15(14)18)19(2)13-7-5-6-12(17)10-13/h3-11H,17H2,1-2H3. The number of hydrogen-bond donors (Lipinski definition) is 1. The van der Waals surface area contributed by atoms with Crippen molar-refractivity contribution in [3.05, 3.63) is 54.7 Å². The molecule has 96 valence electrons. The van der Waals surface area contributed by atoms with E-state index >= 15 is 0 Å². The molecular weight excluding hydrogens is 234 g/mol. The lowest BCUT2D eigenvalue weighted by atomic mass is 10.2. The number of anilines is 3. The molecule has 0 fully saturated rings. The van der Waals surface area contributed by atoms with Crippen LogP contribution in [0.25, 0.3) is 10.9 Å². The predicted molar refractivity (Wildman–Crippen MR) is 81.8 cm³/mol. The Morgan fingerprint density at radius 1 is 1.05 bits per heavy atom. The summed E-state index contributed by atoms with van der Waals surface area (Å²) in [6, 6.07) is 16.3. The van der Waals surface area contributed by atoms with Gasteiger partial charge in [0.1, 0.15) is 0 Å². The van der Waals surface area contributed by atoms with Gasteiger partial charge in [-0.2, -0.15) is 0 Å². The van der Waals surface area contributed by atoms with Crippen molar-refractivity contribution in [3.8, 4) is 0 Å². The molecule has 2 aromatic carbocycles. The number of aryl methyl sites for hydroxylation is 1. The second-order valence-electron chi connectivity index (χ2n) is 4.80. The van der Waals surface area contributed by atoms with Gasteiger partial charge in [0, 0.05) is 42.6 Å². The smallest absolute Gasteiger partial charge is 0.0667 e. The van der Waals surface area contributed by atoms with Crippen LogP contribution in [0.3, 0.4) is 0 Å². The highest BCUT2D eigenvalue weighted by Gasteiger charge is 2.11. The summed E-state index contributed by atoms with van der Waals surface area (Å²) in [5.41, 5.74) is 10.2. The van der Waals surface area contributed by atoms with Crippen molar-refractivity contribution >= 4 is 28.0 Å². The van der Waals surface area contributed by atoms with Crippen LogP contribution < -0.4 is 10.6 Å². The van der Waals surface area contributed by atoms with E-state index in [0.717, 1.165) is 11.4 Å². The van der Waals surface area contributed by atoms with E-state index in [9.17, 15) is 0 Å². The molecule has 0 aliphatic rings. The summed E-state index contributed by atoms with van der Waals surface area (Å²) < 4.78 is 2.15. The van der Waals surface area contributed by atoms with Gasteiger partial charge in [0.2, 0.25) is 0 Å². The molecule has 19 heavy (non-hydrogen) atoms. The molecule has 0 unspecified atom stereocenters. The largest absolute Gasteiger partial charge is 0.399 e. The third-order valence-corrected chi connectivity index (χ3v) is 3.49. The maximum atomic E-state index is 5.86. The molecule has 3 rings (SSSR count). The zero-order chi connectivity index (χ0) is 13.4. The van der Waals surface area contributed by atoms with Crippen LogP contribution in [0, 0.1) is 0 Å². The molecule has 0 aliphatic carbocycles. The zero-order valence-corrected chi connectivity index (χ0v) is 11.2. The quantitative estimate of drug-likeness (QED) is 0.707. The topological polar surface area (TPSA) is 34.2 Å². The van der Waals surface area contributed by atoms with Crippen molar-refractivity contribution < 1.29 is 0 Å². The molecule has 2 N–H and O–H groups in total. The number of hydrogen-bond acceptors (Lipinski definition) is 2. The Labute approximate surface area is 112 Å². The fourth-order valence-electron chi connectivity index (χ4n) is 2.46. The Morgan fingerprint density at radius 2 is 1.84 bits per heavy atom. The van der Waals surface area contributed by atoms with Gasteiger partial charge < -0.3 is 15.2 Å². The second kappa shape index (κ2) is 4.35. The number of nitrogen functional groups attached to an aromatic ring is 1. The van der Waals surface area contributed by atoms with E-state index in [1.165, 1.54) is 16.6 Å². The maximum Gasteiger partial charge on any atom is 0.0667 e. The van der Waals surface area contributed by atoms with E-state index in [-0.39, 0.29) is 0 Å². The molecule has 0 atom stereocenters. The van der Waals surface area contributed by atoms with Crippen molar-refractivity contribution in [1.29, 1.82) is 0 Å². The summed E-state index contributed by atoms with van der Waals surface area (Å²) in [4.78, 5) is 2.17. The lowest BCUT2D eigenvalue weighted by Crippen LogP contribution is -2.09. The first-order valence-electron chi connectivity index (χ1n) is 6.30. The molecule has 0 saturated carbocycles. The van der Waals surface area contributed by atoms with Gasteiger partial charge in [0.25, 0.3) is 0 Å². The van der Waals surface area contributed by atoms with Crippen molar-refractivity contribution in [2.45, 2.75) is 0 Å². The third-order valence-electron chi connectivity index (χ3n) is 3.49. The van der Waals surface area contributed by atoms with E-state index in [1.807, 2.05) is 18.2 Å². The molecule has 3 nitrogen and oxygen atoms in total. The van der Waals surface area contributed by atoms with Gasteiger partial charge in [-0.3, -0.25) is 0 Å². The molecule has 1 heterocycles. The molecule has 0 saturated heterocycles. The highest BCUT2D eigenvalue weighted by molar-refractivity contribution is 5.95. The molecule has 0 amide bonds. The normalized spacial score (nSPS) is 10.8. The highest BCUT2D eigenvalue weighted by atomic mass is 15.1. The first kappa shape index (κ1) is 11.7. The van der Waals surface area contributed by atoms with Crippen LogP contribution in [0.5, 0.6) is 0 Å². The van der Waals surface area contributed by atoms with E-state index in [2.05, 4.69) is 60.1 Å². The summed E-state index contributed by atoms with van der Waals surface area (Å²) in [5, 5.41) is 1.25. The number of fused-ring (bicyclic) bond motifs is 1. The van der Waals surface area contributed by atoms with Crippen LogP contribution in [0.2, 0.25) is 0 Å². The molecule has 0 aliphatic heterocycles. The third kappa shape index (κ3) is 1.93. The number of rotatable bonds is 2. The van der Waals surface area contributed by atoms with Gasteiger partial charge in [-0.25, -0.2) is 0 Å². The van der Waals surface area contributed by atoms with Crippen LogP contribution in [-0.2, 0) is 7.05 Å². The molecular formula is C16H17N3. The van der Waals surface area contributed by atoms with Crippen molar-refractivity contribution in [3.63, 3.8) is 0 Å². The minimum atomic E-state index is 0.782. The summed E-state index contributed by atoms with van der Waals surface area (Å²) in [6.07, 6.45) is 2.15. The van der Waals surface area contributed by atoms with Crippen LogP contribution in [0.4, 0.5) is 17.1 Å². The van der Waals surface area contributed by atoms with Crippen LogP contribution >= 0.6 is 0 Å². The summed E-state index contributed by atoms with van der Waals surface area (Å²) in [6.45, 7) is 0. The number of nitrogens with zero attached hydrogens (tertiary/aromatic N) is 2. The van der Waals surface area contributed by atoms with Gasteiger partial charge in [0.15, 0.2) is 0 Å². The molecule has 3 aromatic rings. The summed E-state index contributed by atoms with van der Waals surface area (Å²) in [7, 11) is 4.13. The summed E-state index contributed by atoms with van der Waals surface area (Å²) in [5.74, 6) is 0. The molecule has 0 radical (unpaired) electrons. The minimum absolute atomic E-state index is 0.782. The van der Waals surface area contributed by atoms with Crippen LogP contribution in [0.15, 0.2) is 54.7 Å². The molecule has 0 bridgehead atoms. The second-order valence-corrected chi connectivity index (χ2v) is 4.80. The average molecular weight is 251 g/mol. The maximum absolute atomic E-state index is 5.86. The lowest BCUT2D eigenvalue weighted by Gasteiger charge is -2.18. The molecule has 1 aromatic heterocycles. The van der Waals surface area contributed by atoms with Crippen LogP contribution in [0.1, 0.15) is 0 Å². The van der Waals surface area contributed by atoms with Crippen molar-refractivity contribution in [1.82, 2.24) is 4.57 Å². The fourth-order valence-corrected chi connectivity index (χ4v) is 2.46. The lowest BCUT2D eigenvalue weighted by molar-refractivity contribution is 0.965. The van der Waals surface area contributed by atoms with E-state index in [1.54, 1.807) is 0 Å². The van der Waals surface area contributed by atoms with E-state index < -0.39 is 0 Å².